The number of hydrogen-bond acceptors (Lipinski definition) is 4. The maximum absolute atomic E-state index is 13.0. The number of carbonyl (C=O) groups is 1. The van der Waals surface area contributed by atoms with E-state index in [0.29, 0.717) is 22.3 Å². The van der Waals surface area contributed by atoms with Crippen molar-refractivity contribution in [1.82, 2.24) is 20.0 Å². The van der Waals surface area contributed by atoms with Crippen molar-refractivity contribution < 1.29 is 4.79 Å². The van der Waals surface area contributed by atoms with Gasteiger partial charge in [0, 0.05) is 24.0 Å². The molecule has 0 saturated carbocycles. The van der Waals surface area contributed by atoms with Gasteiger partial charge in [0.1, 0.15) is 0 Å². The summed E-state index contributed by atoms with van der Waals surface area (Å²) in [6, 6.07) is 14.8. The Balaban J connectivity index is 1.62. The summed E-state index contributed by atoms with van der Waals surface area (Å²) in [6.07, 6.45) is 2.28. The van der Waals surface area contributed by atoms with Gasteiger partial charge in [-0.3, -0.25) is 14.5 Å². The normalized spacial score (nSPS) is 15.5. The topological polar surface area (TPSA) is 67.2 Å². The highest BCUT2D eigenvalue weighted by Crippen LogP contribution is 2.29. The third kappa shape index (κ3) is 3.91. The van der Waals surface area contributed by atoms with Crippen LogP contribution in [-0.4, -0.2) is 40.2 Å². The molecule has 6 nitrogen and oxygen atoms in total. The third-order valence-corrected chi connectivity index (χ3v) is 5.82. The van der Waals surface area contributed by atoms with Gasteiger partial charge in [-0.05, 0) is 43.6 Å². The predicted molar refractivity (Wildman–Crippen MR) is 114 cm³/mol. The predicted octanol–water partition coefficient (Wildman–Crippen LogP) is 3.15. The monoisotopic (exact) mass is 410 g/mol. The van der Waals surface area contributed by atoms with Gasteiger partial charge in [0.05, 0.1) is 11.4 Å². The Morgan fingerprint density at radius 1 is 1.10 bits per heavy atom. The van der Waals surface area contributed by atoms with Crippen molar-refractivity contribution in [3.63, 3.8) is 0 Å². The lowest BCUT2D eigenvalue weighted by molar-refractivity contribution is 0.0932. The van der Waals surface area contributed by atoms with Crippen LogP contribution in [0.1, 0.15) is 34.9 Å². The van der Waals surface area contributed by atoms with E-state index in [1.807, 2.05) is 24.3 Å². The van der Waals surface area contributed by atoms with Gasteiger partial charge < -0.3 is 5.32 Å². The zero-order valence-corrected chi connectivity index (χ0v) is 17.0. The van der Waals surface area contributed by atoms with Crippen molar-refractivity contribution >= 4 is 28.3 Å². The summed E-state index contributed by atoms with van der Waals surface area (Å²) in [6.45, 7) is 2.38. The summed E-state index contributed by atoms with van der Waals surface area (Å²) in [7, 11) is 1.56. The summed E-state index contributed by atoms with van der Waals surface area (Å²) in [5.41, 5.74) is 1.04. The molecule has 1 aromatic heterocycles. The number of aryl methyl sites for hydroxylation is 1. The molecule has 0 aliphatic carbocycles. The Bertz CT molecular complexity index is 1110. The molecular formula is C22H23ClN4O2. The second kappa shape index (κ2) is 8.35. The Morgan fingerprint density at radius 2 is 1.76 bits per heavy atom. The molecule has 4 rings (SSSR count). The van der Waals surface area contributed by atoms with Crippen molar-refractivity contribution in [3.05, 3.63) is 75.2 Å². The summed E-state index contributed by atoms with van der Waals surface area (Å²) in [5, 5.41) is 8.98. The smallest absolute Gasteiger partial charge is 0.274 e. The third-order valence-electron chi connectivity index (χ3n) is 5.47. The lowest BCUT2D eigenvalue weighted by Gasteiger charge is -2.29. The molecular weight excluding hydrogens is 388 g/mol. The van der Waals surface area contributed by atoms with Crippen molar-refractivity contribution in [1.29, 1.82) is 0 Å². The first-order valence-electron chi connectivity index (χ1n) is 9.79. The first-order valence-corrected chi connectivity index (χ1v) is 10.2. The van der Waals surface area contributed by atoms with E-state index in [2.05, 4.69) is 15.3 Å². The number of nitrogens with zero attached hydrogens (tertiary/aromatic N) is 3. The summed E-state index contributed by atoms with van der Waals surface area (Å²) < 4.78 is 1.21. The second-order valence-corrected chi connectivity index (χ2v) is 7.72. The maximum Gasteiger partial charge on any atom is 0.274 e. The lowest BCUT2D eigenvalue weighted by atomic mass is 10.0. The van der Waals surface area contributed by atoms with Gasteiger partial charge in [-0.15, -0.1) is 0 Å². The van der Waals surface area contributed by atoms with Crippen LogP contribution in [0.4, 0.5) is 0 Å². The van der Waals surface area contributed by atoms with Gasteiger partial charge in [-0.1, -0.05) is 48.0 Å². The van der Waals surface area contributed by atoms with E-state index < -0.39 is 0 Å². The zero-order chi connectivity index (χ0) is 20.4. The largest absolute Gasteiger partial charge is 0.349 e. The van der Waals surface area contributed by atoms with Crippen LogP contribution in [0, 0.1) is 0 Å². The molecule has 1 fully saturated rings. The highest BCUT2D eigenvalue weighted by molar-refractivity contribution is 6.31. The highest BCUT2D eigenvalue weighted by Gasteiger charge is 2.26. The average Bonchev–Trinajstić information content (AvgIpc) is 3.26. The van der Waals surface area contributed by atoms with Crippen LogP contribution < -0.4 is 10.9 Å². The molecule has 1 N–H and O–H groups in total. The fourth-order valence-electron chi connectivity index (χ4n) is 3.97. The summed E-state index contributed by atoms with van der Waals surface area (Å²) in [4.78, 5) is 27.7. The van der Waals surface area contributed by atoms with Crippen LogP contribution in [0.5, 0.6) is 0 Å². The molecule has 2 aromatic carbocycles. The lowest BCUT2D eigenvalue weighted by Crippen LogP contribution is -2.38. The number of likely N-dealkylation sites (tertiary alicyclic amines) is 1. The van der Waals surface area contributed by atoms with Crippen molar-refractivity contribution in [2.75, 3.05) is 19.6 Å². The van der Waals surface area contributed by atoms with E-state index in [4.69, 9.17) is 11.6 Å². The van der Waals surface area contributed by atoms with Crippen LogP contribution in [0.25, 0.3) is 10.8 Å². The highest BCUT2D eigenvalue weighted by atomic mass is 35.5. The average molecular weight is 411 g/mol. The minimum Gasteiger partial charge on any atom is -0.349 e. The molecule has 2 heterocycles. The van der Waals surface area contributed by atoms with E-state index in [1.54, 1.807) is 31.3 Å². The van der Waals surface area contributed by atoms with Crippen molar-refractivity contribution in [3.8, 4) is 0 Å². The number of rotatable bonds is 5. The molecule has 3 aromatic rings. The summed E-state index contributed by atoms with van der Waals surface area (Å²) in [5.74, 6) is -0.298. The van der Waals surface area contributed by atoms with Crippen LogP contribution in [0.3, 0.4) is 0 Å². The first-order chi connectivity index (χ1) is 14.1. The Morgan fingerprint density at radius 3 is 2.48 bits per heavy atom. The van der Waals surface area contributed by atoms with Gasteiger partial charge in [0.25, 0.3) is 11.5 Å². The fraction of sp³-hybridized carbons (Fsp3) is 0.318. The Hall–Kier alpha value is -2.70. The molecule has 0 radical (unpaired) electrons. The van der Waals surface area contributed by atoms with Crippen LogP contribution in [-0.2, 0) is 7.05 Å². The van der Waals surface area contributed by atoms with E-state index in [9.17, 15) is 9.59 Å². The first kappa shape index (κ1) is 19.6. The van der Waals surface area contributed by atoms with Crippen LogP contribution in [0.2, 0.25) is 5.02 Å². The Labute approximate surface area is 174 Å². The number of halogens is 1. The minimum atomic E-state index is -0.298. The molecule has 1 amide bonds. The maximum atomic E-state index is 13.0. The molecule has 1 aliphatic rings. The molecule has 1 saturated heterocycles. The van der Waals surface area contributed by atoms with Gasteiger partial charge in [0.2, 0.25) is 0 Å². The molecule has 29 heavy (non-hydrogen) atoms. The number of aromatic nitrogens is 2. The van der Waals surface area contributed by atoms with E-state index in [0.717, 1.165) is 31.5 Å². The van der Waals surface area contributed by atoms with E-state index in [1.165, 1.54) is 4.68 Å². The number of hydrogen-bond donors (Lipinski definition) is 1. The fourth-order valence-corrected chi connectivity index (χ4v) is 4.24. The molecule has 0 unspecified atom stereocenters. The molecule has 1 atom stereocenters. The molecule has 150 valence electrons. The number of fused-ring (bicyclic) bond motifs is 1. The number of nitrogens with one attached hydrogen (secondary N) is 1. The number of benzene rings is 2. The van der Waals surface area contributed by atoms with Crippen molar-refractivity contribution in [2.24, 2.45) is 7.05 Å². The van der Waals surface area contributed by atoms with E-state index >= 15 is 0 Å². The molecule has 1 aliphatic heterocycles. The molecule has 7 heteroatoms. The second-order valence-electron chi connectivity index (χ2n) is 7.31. The standard InChI is InChI=1S/C22H23ClN4O2/c1-26-22(29)16-9-3-2-8-15(16)20(25-26)21(28)24-14-19(27-12-6-7-13-27)17-10-4-5-11-18(17)23/h2-5,8-11,19H,6-7,12-14H2,1H3,(H,24,28)/t19-/m1/s1. The van der Waals surface area contributed by atoms with Gasteiger partial charge in [-0.25, -0.2) is 4.68 Å². The van der Waals surface area contributed by atoms with Gasteiger partial charge in [-0.2, -0.15) is 5.10 Å². The zero-order valence-electron chi connectivity index (χ0n) is 16.3. The molecule has 0 bridgehead atoms. The van der Waals surface area contributed by atoms with Crippen molar-refractivity contribution in [2.45, 2.75) is 18.9 Å². The van der Waals surface area contributed by atoms with Crippen LogP contribution in [0.15, 0.2) is 53.3 Å². The number of carbonyl (C=O) groups excluding carboxylic acids is 1. The SMILES string of the molecule is Cn1nc(C(=O)NC[C@H](c2ccccc2Cl)N2CCCC2)c2ccccc2c1=O. The molecule has 0 spiro atoms. The van der Waals surface area contributed by atoms with Gasteiger partial charge >= 0.3 is 0 Å². The van der Waals surface area contributed by atoms with Gasteiger partial charge in [0.15, 0.2) is 5.69 Å². The minimum absolute atomic E-state index is 0.00561. The number of amides is 1. The summed E-state index contributed by atoms with van der Waals surface area (Å²) >= 11 is 6.46. The van der Waals surface area contributed by atoms with Crippen LogP contribution >= 0.6 is 11.6 Å². The van der Waals surface area contributed by atoms with E-state index in [-0.39, 0.29) is 23.2 Å². The quantitative estimate of drug-likeness (QED) is 0.701. The Kier molecular flexibility index (Phi) is 5.65.